The zero-order valence-electron chi connectivity index (χ0n) is 12.9. The first-order valence-corrected chi connectivity index (χ1v) is 7.71. The van der Waals surface area contributed by atoms with Gasteiger partial charge in [-0.25, -0.2) is 0 Å². The van der Waals surface area contributed by atoms with Crippen LogP contribution in [0.2, 0.25) is 0 Å². The predicted octanol–water partition coefficient (Wildman–Crippen LogP) is 3.69. The number of carbonyl (C=O) groups is 1. The third-order valence-electron chi connectivity index (χ3n) is 4.07. The Hall–Kier alpha value is -1.51. The molecular formula is C17H26N2O. The van der Waals surface area contributed by atoms with E-state index in [4.69, 9.17) is 0 Å². The van der Waals surface area contributed by atoms with E-state index in [2.05, 4.69) is 18.3 Å². The smallest absolute Gasteiger partial charge is 0.255 e. The molecule has 2 rings (SSSR count). The fourth-order valence-electron chi connectivity index (χ4n) is 2.60. The summed E-state index contributed by atoms with van der Waals surface area (Å²) in [7, 11) is 1.92. The Kier molecular flexibility index (Phi) is 5.05. The number of rotatable bonds is 6. The minimum absolute atomic E-state index is 0.138. The third-order valence-corrected chi connectivity index (χ3v) is 4.07. The lowest BCUT2D eigenvalue weighted by Gasteiger charge is -2.30. The van der Waals surface area contributed by atoms with Crippen molar-refractivity contribution in [1.82, 2.24) is 4.90 Å². The molecule has 1 aromatic rings. The molecule has 0 radical (unpaired) electrons. The van der Waals surface area contributed by atoms with Crippen molar-refractivity contribution in [2.24, 2.45) is 5.92 Å². The standard InChI is InChI=1S/C17H26N2O/c1-4-10-18-16-9-8-13(2)11-15(16)17(20)19(3)12-14-6-5-7-14/h8-9,11,14,18H,4-7,10,12H2,1-3H3. The van der Waals surface area contributed by atoms with Gasteiger partial charge in [-0.05, 0) is 44.2 Å². The molecule has 1 amide bonds. The highest BCUT2D eigenvalue weighted by atomic mass is 16.2. The van der Waals surface area contributed by atoms with E-state index >= 15 is 0 Å². The van der Waals surface area contributed by atoms with E-state index in [1.54, 1.807) is 0 Å². The Morgan fingerprint density at radius 3 is 2.75 bits per heavy atom. The molecule has 0 atom stereocenters. The second-order valence-corrected chi connectivity index (χ2v) is 5.96. The molecule has 3 heteroatoms. The van der Waals surface area contributed by atoms with Crippen LogP contribution >= 0.6 is 0 Å². The maximum absolute atomic E-state index is 12.6. The second-order valence-electron chi connectivity index (χ2n) is 5.96. The molecule has 0 aliphatic heterocycles. The lowest BCUT2D eigenvalue weighted by Crippen LogP contribution is -2.34. The van der Waals surface area contributed by atoms with Gasteiger partial charge in [-0.15, -0.1) is 0 Å². The zero-order chi connectivity index (χ0) is 14.5. The second kappa shape index (κ2) is 6.78. The van der Waals surface area contributed by atoms with Crippen LogP contribution in [0.4, 0.5) is 5.69 Å². The van der Waals surface area contributed by atoms with Crippen LogP contribution in [0.25, 0.3) is 0 Å². The van der Waals surface area contributed by atoms with Crippen LogP contribution in [0.3, 0.4) is 0 Å². The summed E-state index contributed by atoms with van der Waals surface area (Å²) in [5.74, 6) is 0.847. The highest BCUT2D eigenvalue weighted by Crippen LogP contribution is 2.28. The number of benzene rings is 1. The van der Waals surface area contributed by atoms with E-state index in [-0.39, 0.29) is 5.91 Å². The first kappa shape index (κ1) is 14.9. The van der Waals surface area contributed by atoms with Gasteiger partial charge in [-0.2, -0.15) is 0 Å². The Labute approximate surface area is 122 Å². The summed E-state index contributed by atoms with van der Waals surface area (Å²) < 4.78 is 0. The highest BCUT2D eigenvalue weighted by Gasteiger charge is 2.23. The van der Waals surface area contributed by atoms with Crippen LogP contribution in [-0.4, -0.2) is 30.9 Å². The Balaban J connectivity index is 2.11. The van der Waals surface area contributed by atoms with Gasteiger partial charge in [0, 0.05) is 25.8 Å². The van der Waals surface area contributed by atoms with Crippen molar-refractivity contribution >= 4 is 11.6 Å². The number of nitrogens with one attached hydrogen (secondary N) is 1. The fraction of sp³-hybridized carbons (Fsp3) is 0.588. The van der Waals surface area contributed by atoms with E-state index in [9.17, 15) is 4.79 Å². The number of hydrogen-bond acceptors (Lipinski definition) is 2. The van der Waals surface area contributed by atoms with Gasteiger partial charge in [-0.3, -0.25) is 4.79 Å². The summed E-state index contributed by atoms with van der Waals surface area (Å²) in [6.07, 6.45) is 4.92. The van der Waals surface area contributed by atoms with Gasteiger partial charge in [0.2, 0.25) is 0 Å². The van der Waals surface area contributed by atoms with Crippen molar-refractivity contribution in [3.05, 3.63) is 29.3 Å². The average molecular weight is 274 g/mol. The SMILES string of the molecule is CCCNc1ccc(C)cc1C(=O)N(C)CC1CCC1. The number of aryl methyl sites for hydroxylation is 1. The van der Waals surface area contributed by atoms with Crippen molar-refractivity contribution in [3.8, 4) is 0 Å². The van der Waals surface area contributed by atoms with E-state index in [1.165, 1.54) is 19.3 Å². The summed E-state index contributed by atoms with van der Waals surface area (Å²) in [5, 5.41) is 3.36. The molecule has 1 aliphatic rings. The van der Waals surface area contributed by atoms with Crippen LogP contribution in [0.1, 0.15) is 48.5 Å². The maximum Gasteiger partial charge on any atom is 0.255 e. The van der Waals surface area contributed by atoms with Crippen LogP contribution in [0.5, 0.6) is 0 Å². The van der Waals surface area contributed by atoms with Crippen molar-refractivity contribution < 1.29 is 4.79 Å². The molecule has 1 fully saturated rings. The molecule has 1 aromatic carbocycles. The van der Waals surface area contributed by atoms with Gasteiger partial charge in [0.25, 0.3) is 5.91 Å². The molecule has 0 bridgehead atoms. The number of carbonyl (C=O) groups excluding carboxylic acids is 1. The number of amides is 1. The minimum atomic E-state index is 0.138. The zero-order valence-corrected chi connectivity index (χ0v) is 12.9. The van der Waals surface area contributed by atoms with Crippen LogP contribution in [-0.2, 0) is 0 Å². The highest BCUT2D eigenvalue weighted by molar-refractivity contribution is 5.99. The number of anilines is 1. The van der Waals surface area contributed by atoms with Crippen molar-refractivity contribution in [3.63, 3.8) is 0 Å². The lowest BCUT2D eigenvalue weighted by molar-refractivity contribution is 0.0746. The molecule has 0 heterocycles. The summed E-state index contributed by atoms with van der Waals surface area (Å²) >= 11 is 0. The number of hydrogen-bond donors (Lipinski definition) is 1. The normalized spacial score (nSPS) is 14.8. The molecule has 3 nitrogen and oxygen atoms in total. The molecule has 0 spiro atoms. The Morgan fingerprint density at radius 1 is 1.40 bits per heavy atom. The monoisotopic (exact) mass is 274 g/mol. The summed E-state index contributed by atoms with van der Waals surface area (Å²) in [5.41, 5.74) is 2.90. The van der Waals surface area contributed by atoms with E-state index in [1.807, 2.05) is 31.0 Å². The van der Waals surface area contributed by atoms with Crippen molar-refractivity contribution in [2.45, 2.75) is 39.5 Å². The predicted molar refractivity (Wildman–Crippen MR) is 84.3 cm³/mol. The molecule has 1 saturated carbocycles. The Morgan fingerprint density at radius 2 is 2.15 bits per heavy atom. The van der Waals surface area contributed by atoms with Crippen LogP contribution in [0, 0.1) is 12.8 Å². The van der Waals surface area contributed by atoms with Gasteiger partial charge in [-0.1, -0.05) is 25.0 Å². The van der Waals surface area contributed by atoms with E-state index < -0.39 is 0 Å². The molecule has 20 heavy (non-hydrogen) atoms. The van der Waals surface area contributed by atoms with Gasteiger partial charge < -0.3 is 10.2 Å². The number of nitrogens with zero attached hydrogens (tertiary/aromatic N) is 1. The average Bonchev–Trinajstić information content (AvgIpc) is 2.40. The molecular weight excluding hydrogens is 248 g/mol. The van der Waals surface area contributed by atoms with Gasteiger partial charge in [0.1, 0.15) is 0 Å². The maximum atomic E-state index is 12.6. The van der Waals surface area contributed by atoms with Gasteiger partial charge >= 0.3 is 0 Å². The van der Waals surface area contributed by atoms with Crippen molar-refractivity contribution in [2.75, 3.05) is 25.5 Å². The molecule has 0 unspecified atom stereocenters. The van der Waals surface area contributed by atoms with Crippen LogP contribution in [0.15, 0.2) is 18.2 Å². The Bertz CT molecular complexity index is 466. The topological polar surface area (TPSA) is 32.3 Å². The molecule has 0 aromatic heterocycles. The van der Waals surface area contributed by atoms with Gasteiger partial charge in [0.15, 0.2) is 0 Å². The molecule has 1 N–H and O–H groups in total. The quantitative estimate of drug-likeness (QED) is 0.858. The lowest BCUT2D eigenvalue weighted by atomic mass is 9.85. The van der Waals surface area contributed by atoms with E-state index in [0.29, 0.717) is 5.92 Å². The van der Waals surface area contributed by atoms with Gasteiger partial charge in [0.05, 0.1) is 5.56 Å². The summed E-state index contributed by atoms with van der Waals surface area (Å²) in [6.45, 7) is 5.95. The minimum Gasteiger partial charge on any atom is -0.384 e. The first-order chi connectivity index (χ1) is 9.61. The largest absolute Gasteiger partial charge is 0.384 e. The fourth-order valence-corrected chi connectivity index (χ4v) is 2.60. The molecule has 0 saturated heterocycles. The molecule has 1 aliphatic carbocycles. The summed E-state index contributed by atoms with van der Waals surface area (Å²) in [6, 6.07) is 6.08. The van der Waals surface area contributed by atoms with Crippen LogP contribution < -0.4 is 5.32 Å². The van der Waals surface area contributed by atoms with Crippen molar-refractivity contribution in [1.29, 1.82) is 0 Å². The summed E-state index contributed by atoms with van der Waals surface area (Å²) in [4.78, 5) is 14.5. The first-order valence-electron chi connectivity index (χ1n) is 7.71. The van der Waals surface area contributed by atoms with E-state index in [0.717, 1.165) is 36.3 Å². The third kappa shape index (κ3) is 3.53. The molecule has 110 valence electrons.